The Kier molecular flexibility index (Phi) is 2.61. The first-order valence-electron chi connectivity index (χ1n) is 8.05. The van der Waals surface area contributed by atoms with Gasteiger partial charge in [0.05, 0.1) is 0 Å². The number of carbonyl (C=O) groups excluding carboxylic acids is 2. The van der Waals surface area contributed by atoms with Gasteiger partial charge in [0, 0.05) is 18.3 Å². The van der Waals surface area contributed by atoms with Crippen molar-refractivity contribution < 1.29 is 9.59 Å². The molecule has 4 aliphatic carbocycles. The van der Waals surface area contributed by atoms with E-state index in [0.717, 1.165) is 32.1 Å². The zero-order valence-corrected chi connectivity index (χ0v) is 12.1. The molecule has 4 rings (SSSR count). The van der Waals surface area contributed by atoms with Crippen molar-refractivity contribution in [1.29, 1.82) is 0 Å². The number of Topliss-reactive ketones (excluding diaryl/α,β-unsaturated/α-hetero) is 1. The van der Waals surface area contributed by atoms with Crippen molar-refractivity contribution in [3.05, 3.63) is 23.8 Å². The van der Waals surface area contributed by atoms with Gasteiger partial charge in [0.25, 0.3) is 0 Å². The van der Waals surface area contributed by atoms with E-state index in [1.165, 1.54) is 5.57 Å². The second kappa shape index (κ2) is 4.16. The van der Waals surface area contributed by atoms with Crippen molar-refractivity contribution in [2.24, 2.45) is 29.1 Å². The Balaban J connectivity index is 1.71. The Morgan fingerprint density at radius 1 is 1.10 bits per heavy atom. The molecule has 0 aliphatic heterocycles. The molecule has 4 aliphatic rings. The molecule has 0 amide bonds. The number of rotatable bonds is 0. The standard InChI is InChI=1S/C18H22O2/c1-18-9-8-14-13-5-3-12(19)10-11(13)2-4-15(14)16(18)6-7-17(18)20/h8-10,13-16H,2-7H2,1H3/t13-,14?,15?,16?,18-/m0/s1. The van der Waals surface area contributed by atoms with E-state index in [1.54, 1.807) is 0 Å². The summed E-state index contributed by atoms with van der Waals surface area (Å²) in [6, 6.07) is 0. The van der Waals surface area contributed by atoms with E-state index < -0.39 is 0 Å². The largest absolute Gasteiger partial charge is 0.299 e. The van der Waals surface area contributed by atoms with Crippen LogP contribution in [0.25, 0.3) is 0 Å². The average molecular weight is 270 g/mol. The molecular weight excluding hydrogens is 248 g/mol. The van der Waals surface area contributed by atoms with Gasteiger partial charge in [0.2, 0.25) is 0 Å². The van der Waals surface area contributed by atoms with Gasteiger partial charge < -0.3 is 0 Å². The van der Waals surface area contributed by atoms with Crippen LogP contribution < -0.4 is 0 Å². The number of carbonyl (C=O) groups is 2. The van der Waals surface area contributed by atoms with Gasteiger partial charge in [-0.1, -0.05) is 17.7 Å². The third-order valence-electron chi connectivity index (χ3n) is 6.48. The first-order chi connectivity index (χ1) is 9.59. The summed E-state index contributed by atoms with van der Waals surface area (Å²) in [6.07, 6.45) is 12.3. The van der Waals surface area contributed by atoms with E-state index in [-0.39, 0.29) is 5.41 Å². The lowest BCUT2D eigenvalue weighted by molar-refractivity contribution is -0.125. The van der Waals surface area contributed by atoms with Gasteiger partial charge in [0.15, 0.2) is 5.78 Å². The zero-order chi connectivity index (χ0) is 13.9. The molecule has 20 heavy (non-hydrogen) atoms. The molecule has 0 bridgehead atoms. The van der Waals surface area contributed by atoms with Crippen LogP contribution in [0.3, 0.4) is 0 Å². The lowest BCUT2D eigenvalue weighted by atomic mass is 9.55. The highest BCUT2D eigenvalue weighted by atomic mass is 16.1. The average Bonchev–Trinajstić information content (AvgIpc) is 2.74. The van der Waals surface area contributed by atoms with Crippen LogP contribution in [0.2, 0.25) is 0 Å². The minimum atomic E-state index is -0.188. The fourth-order valence-electron chi connectivity index (χ4n) is 5.39. The Morgan fingerprint density at radius 3 is 2.80 bits per heavy atom. The van der Waals surface area contributed by atoms with Crippen LogP contribution >= 0.6 is 0 Å². The molecular formula is C18H22O2. The molecule has 0 spiro atoms. The molecule has 0 radical (unpaired) electrons. The number of hydrogen-bond donors (Lipinski definition) is 0. The van der Waals surface area contributed by atoms with Gasteiger partial charge in [-0.15, -0.1) is 0 Å². The molecule has 0 aromatic rings. The molecule has 2 saturated carbocycles. The topological polar surface area (TPSA) is 34.1 Å². The van der Waals surface area contributed by atoms with Gasteiger partial charge in [-0.3, -0.25) is 9.59 Å². The molecule has 106 valence electrons. The summed E-state index contributed by atoms with van der Waals surface area (Å²) in [7, 11) is 0. The number of hydrogen-bond acceptors (Lipinski definition) is 2. The molecule has 2 heteroatoms. The molecule has 0 saturated heterocycles. The van der Waals surface area contributed by atoms with E-state index >= 15 is 0 Å². The van der Waals surface area contributed by atoms with Crippen LogP contribution in [0.15, 0.2) is 23.8 Å². The zero-order valence-electron chi connectivity index (χ0n) is 12.1. The van der Waals surface area contributed by atoms with Crippen molar-refractivity contribution in [1.82, 2.24) is 0 Å². The van der Waals surface area contributed by atoms with Crippen LogP contribution in [0.1, 0.15) is 45.4 Å². The molecule has 5 atom stereocenters. The molecule has 3 unspecified atom stereocenters. The summed E-state index contributed by atoms with van der Waals surface area (Å²) in [4.78, 5) is 23.8. The second-order valence-electron chi connectivity index (χ2n) is 7.32. The van der Waals surface area contributed by atoms with E-state index in [4.69, 9.17) is 0 Å². The van der Waals surface area contributed by atoms with Crippen molar-refractivity contribution in [3.8, 4) is 0 Å². The van der Waals surface area contributed by atoms with E-state index in [9.17, 15) is 9.59 Å². The van der Waals surface area contributed by atoms with Crippen LogP contribution in [0.4, 0.5) is 0 Å². The maximum absolute atomic E-state index is 12.2. The monoisotopic (exact) mass is 270 g/mol. The number of allylic oxidation sites excluding steroid dienone is 4. The smallest absolute Gasteiger partial charge is 0.155 e. The van der Waals surface area contributed by atoms with E-state index in [1.807, 2.05) is 6.08 Å². The number of ketones is 2. The summed E-state index contributed by atoms with van der Waals surface area (Å²) in [5, 5.41) is 0. The van der Waals surface area contributed by atoms with Crippen molar-refractivity contribution >= 4 is 11.6 Å². The molecule has 2 fully saturated rings. The predicted octanol–water partition coefficient (Wildman–Crippen LogP) is 3.47. The predicted molar refractivity (Wildman–Crippen MR) is 77.0 cm³/mol. The van der Waals surface area contributed by atoms with E-state index in [0.29, 0.717) is 41.7 Å². The van der Waals surface area contributed by atoms with Crippen molar-refractivity contribution in [3.63, 3.8) is 0 Å². The van der Waals surface area contributed by atoms with Gasteiger partial charge in [-0.25, -0.2) is 0 Å². The third kappa shape index (κ3) is 1.57. The molecule has 2 nitrogen and oxygen atoms in total. The van der Waals surface area contributed by atoms with Crippen LogP contribution in [0.5, 0.6) is 0 Å². The van der Waals surface area contributed by atoms with Crippen molar-refractivity contribution in [2.75, 3.05) is 0 Å². The molecule has 0 N–H and O–H groups in total. The summed E-state index contributed by atoms with van der Waals surface area (Å²) in [5.41, 5.74) is 1.20. The summed E-state index contributed by atoms with van der Waals surface area (Å²) < 4.78 is 0. The summed E-state index contributed by atoms with van der Waals surface area (Å²) in [6.45, 7) is 2.15. The SMILES string of the molecule is C[C@]12C=CC3C(CCC4=CC(=O)CC[C@@H]43)C1CCC2=O. The highest BCUT2D eigenvalue weighted by Gasteiger charge is 2.53. The maximum Gasteiger partial charge on any atom is 0.155 e. The van der Waals surface area contributed by atoms with Crippen LogP contribution in [-0.4, -0.2) is 11.6 Å². The van der Waals surface area contributed by atoms with Crippen molar-refractivity contribution in [2.45, 2.75) is 45.4 Å². The normalized spacial score (nSPS) is 46.5. The highest BCUT2D eigenvalue weighted by molar-refractivity contribution is 5.91. The minimum absolute atomic E-state index is 0.188. The summed E-state index contributed by atoms with van der Waals surface area (Å²) in [5.74, 6) is 3.11. The second-order valence-corrected chi connectivity index (χ2v) is 7.32. The van der Waals surface area contributed by atoms with Crippen LogP contribution in [-0.2, 0) is 9.59 Å². The van der Waals surface area contributed by atoms with Gasteiger partial charge in [-0.2, -0.15) is 0 Å². The maximum atomic E-state index is 12.2. The molecule has 0 aromatic carbocycles. The Hall–Kier alpha value is -1.18. The first kappa shape index (κ1) is 12.6. The lowest BCUT2D eigenvalue weighted by Gasteiger charge is -2.48. The molecule has 0 heterocycles. The summed E-state index contributed by atoms with van der Waals surface area (Å²) >= 11 is 0. The Morgan fingerprint density at radius 2 is 1.95 bits per heavy atom. The van der Waals surface area contributed by atoms with Gasteiger partial charge >= 0.3 is 0 Å². The van der Waals surface area contributed by atoms with E-state index in [2.05, 4.69) is 19.1 Å². The Bertz CT molecular complexity index is 542. The van der Waals surface area contributed by atoms with Gasteiger partial charge in [0.1, 0.15) is 5.78 Å². The highest BCUT2D eigenvalue weighted by Crippen LogP contribution is 2.57. The molecule has 0 aromatic heterocycles. The van der Waals surface area contributed by atoms with Gasteiger partial charge in [-0.05, 0) is 62.4 Å². The number of fused-ring (bicyclic) bond motifs is 5. The Labute approximate surface area is 120 Å². The van der Waals surface area contributed by atoms with Crippen LogP contribution in [0, 0.1) is 29.1 Å². The quantitative estimate of drug-likeness (QED) is 0.632. The fourth-order valence-corrected chi connectivity index (χ4v) is 5.39. The lowest BCUT2D eigenvalue weighted by Crippen LogP contribution is -2.43. The minimum Gasteiger partial charge on any atom is -0.299 e. The third-order valence-corrected chi connectivity index (χ3v) is 6.48. The fraction of sp³-hybridized carbons (Fsp3) is 0.667. The first-order valence-corrected chi connectivity index (χ1v) is 8.05.